The van der Waals surface area contributed by atoms with E-state index in [2.05, 4.69) is 26.1 Å². The van der Waals surface area contributed by atoms with Gasteiger partial charge in [-0.05, 0) is 35.2 Å². The summed E-state index contributed by atoms with van der Waals surface area (Å²) in [6.07, 6.45) is -0.729. The molecular formula is C21H24N2O3. The van der Waals surface area contributed by atoms with Crippen LogP contribution in [0.15, 0.2) is 48.5 Å². The van der Waals surface area contributed by atoms with Crippen molar-refractivity contribution in [2.45, 2.75) is 32.3 Å². The third-order valence-electron chi connectivity index (χ3n) is 4.56. The predicted octanol–water partition coefficient (Wildman–Crippen LogP) is 3.14. The first-order chi connectivity index (χ1) is 12.3. The van der Waals surface area contributed by atoms with Crippen molar-refractivity contribution < 1.29 is 14.3 Å². The van der Waals surface area contributed by atoms with E-state index in [0.29, 0.717) is 17.0 Å². The maximum Gasteiger partial charge on any atom is 0.262 e. The molecule has 0 saturated heterocycles. The first kappa shape index (κ1) is 18.0. The number of amides is 2. The lowest BCUT2D eigenvalue weighted by Gasteiger charge is -2.34. The number of nitrogens with zero attached hydrogens (tertiary/aromatic N) is 1. The van der Waals surface area contributed by atoms with E-state index in [1.165, 1.54) is 5.56 Å². The lowest BCUT2D eigenvalue weighted by molar-refractivity contribution is -0.127. The predicted molar refractivity (Wildman–Crippen MR) is 102 cm³/mol. The summed E-state index contributed by atoms with van der Waals surface area (Å²) in [5.74, 6) is 0.141. The Labute approximate surface area is 154 Å². The largest absolute Gasteiger partial charge is 0.477 e. The molecule has 0 spiro atoms. The molecule has 136 valence electrons. The third-order valence-corrected chi connectivity index (χ3v) is 4.56. The molecule has 0 aliphatic carbocycles. The van der Waals surface area contributed by atoms with Gasteiger partial charge in [-0.15, -0.1) is 0 Å². The molecule has 26 heavy (non-hydrogen) atoms. The number of carbonyl (C=O) groups is 2. The number of ether oxygens (including phenoxy) is 1. The van der Waals surface area contributed by atoms with E-state index < -0.39 is 6.10 Å². The van der Waals surface area contributed by atoms with Gasteiger partial charge in [-0.2, -0.15) is 0 Å². The van der Waals surface area contributed by atoms with Gasteiger partial charge < -0.3 is 15.0 Å². The number of fused-ring (bicyclic) bond motifs is 1. The fourth-order valence-corrected chi connectivity index (χ4v) is 2.99. The molecule has 5 heteroatoms. The molecule has 3 rings (SSSR count). The monoisotopic (exact) mass is 352 g/mol. The summed E-state index contributed by atoms with van der Waals surface area (Å²) in [5.41, 5.74) is 2.46. The lowest BCUT2D eigenvalue weighted by atomic mass is 9.86. The summed E-state index contributed by atoms with van der Waals surface area (Å²) in [6, 6.07) is 14.9. The number of anilines is 1. The van der Waals surface area contributed by atoms with Gasteiger partial charge in [-0.1, -0.05) is 45.0 Å². The zero-order valence-electron chi connectivity index (χ0n) is 15.6. The highest BCUT2D eigenvalue weighted by Gasteiger charge is 2.33. The Bertz CT molecular complexity index is 822. The van der Waals surface area contributed by atoms with Crippen LogP contribution >= 0.6 is 0 Å². The first-order valence-electron chi connectivity index (χ1n) is 8.71. The summed E-state index contributed by atoms with van der Waals surface area (Å²) in [5, 5.41) is 2.59. The Morgan fingerprint density at radius 2 is 1.73 bits per heavy atom. The minimum Gasteiger partial charge on any atom is -0.477 e. The van der Waals surface area contributed by atoms with Crippen molar-refractivity contribution in [3.05, 3.63) is 59.7 Å². The van der Waals surface area contributed by atoms with E-state index in [9.17, 15) is 9.59 Å². The molecule has 0 radical (unpaired) electrons. The maximum atomic E-state index is 13.1. The summed E-state index contributed by atoms with van der Waals surface area (Å²) in [4.78, 5) is 26.8. The smallest absolute Gasteiger partial charge is 0.262 e. The standard InChI is InChI=1S/C21H24N2O3/c1-21(2,3)15-11-9-14(10-12-15)20(25)23-13-18(19(24)22-4)26-17-8-6-5-7-16(17)23/h5-12,18H,13H2,1-4H3,(H,22,24)/t18-/m1/s1. The Kier molecular flexibility index (Phi) is 4.72. The molecule has 0 fully saturated rings. The number of hydrogen-bond acceptors (Lipinski definition) is 3. The molecule has 2 aromatic carbocycles. The van der Waals surface area contributed by atoms with Gasteiger partial charge in [0, 0.05) is 12.6 Å². The highest BCUT2D eigenvalue weighted by atomic mass is 16.5. The van der Waals surface area contributed by atoms with E-state index in [4.69, 9.17) is 4.74 Å². The van der Waals surface area contributed by atoms with Crippen molar-refractivity contribution in [3.63, 3.8) is 0 Å². The van der Waals surface area contributed by atoms with E-state index >= 15 is 0 Å². The second kappa shape index (κ2) is 6.83. The molecule has 0 unspecified atom stereocenters. The second-order valence-electron chi connectivity index (χ2n) is 7.43. The van der Waals surface area contributed by atoms with Crippen molar-refractivity contribution >= 4 is 17.5 Å². The fraction of sp³-hybridized carbons (Fsp3) is 0.333. The van der Waals surface area contributed by atoms with Crippen LogP contribution in [0.25, 0.3) is 0 Å². The minimum atomic E-state index is -0.729. The quantitative estimate of drug-likeness (QED) is 0.903. The van der Waals surface area contributed by atoms with E-state index in [1.54, 1.807) is 18.0 Å². The molecule has 1 aliphatic heterocycles. The SMILES string of the molecule is CNC(=O)[C@H]1CN(C(=O)c2ccc(C(C)(C)C)cc2)c2ccccc2O1. The van der Waals surface area contributed by atoms with Gasteiger partial charge in [-0.3, -0.25) is 9.59 Å². The normalized spacial score (nSPS) is 16.5. The van der Waals surface area contributed by atoms with Crippen LogP contribution in [0.4, 0.5) is 5.69 Å². The van der Waals surface area contributed by atoms with Crippen LogP contribution in [0.3, 0.4) is 0 Å². The summed E-state index contributed by atoms with van der Waals surface area (Å²) in [6.45, 7) is 6.58. The van der Waals surface area contributed by atoms with E-state index in [1.807, 2.05) is 42.5 Å². The number of rotatable bonds is 2. The highest BCUT2D eigenvalue weighted by molar-refractivity contribution is 6.07. The van der Waals surface area contributed by atoms with Gasteiger partial charge in [0.2, 0.25) is 0 Å². The van der Waals surface area contributed by atoms with Crippen LogP contribution < -0.4 is 15.0 Å². The molecule has 1 aliphatic rings. The molecule has 0 saturated carbocycles. The van der Waals surface area contributed by atoms with Crippen molar-refractivity contribution in [1.29, 1.82) is 0 Å². The van der Waals surface area contributed by atoms with E-state index in [0.717, 1.165) is 0 Å². The van der Waals surface area contributed by atoms with Gasteiger partial charge in [0.1, 0.15) is 5.75 Å². The number of benzene rings is 2. The Morgan fingerprint density at radius 3 is 2.35 bits per heavy atom. The molecule has 2 amide bonds. The number of likely N-dealkylation sites (N-methyl/N-ethyl adjacent to an activating group) is 1. The molecule has 0 bridgehead atoms. The maximum absolute atomic E-state index is 13.1. The van der Waals surface area contributed by atoms with Gasteiger partial charge in [0.05, 0.1) is 12.2 Å². The number of carbonyl (C=O) groups excluding carboxylic acids is 2. The number of nitrogens with one attached hydrogen (secondary N) is 1. The Hall–Kier alpha value is -2.82. The van der Waals surface area contributed by atoms with Crippen molar-refractivity contribution in [2.75, 3.05) is 18.5 Å². The van der Waals surface area contributed by atoms with Gasteiger partial charge in [0.25, 0.3) is 11.8 Å². The number of hydrogen-bond donors (Lipinski definition) is 1. The highest BCUT2D eigenvalue weighted by Crippen LogP contribution is 2.34. The molecule has 2 aromatic rings. The van der Waals surface area contributed by atoms with Crippen molar-refractivity contribution in [2.24, 2.45) is 0 Å². The fourth-order valence-electron chi connectivity index (χ4n) is 2.99. The average Bonchev–Trinajstić information content (AvgIpc) is 2.65. The van der Waals surface area contributed by atoms with Crippen molar-refractivity contribution in [1.82, 2.24) is 5.32 Å². The van der Waals surface area contributed by atoms with Crippen LogP contribution in [0, 0.1) is 0 Å². The topological polar surface area (TPSA) is 58.6 Å². The molecular weight excluding hydrogens is 328 g/mol. The van der Waals surface area contributed by atoms with Gasteiger partial charge >= 0.3 is 0 Å². The summed E-state index contributed by atoms with van der Waals surface area (Å²) in [7, 11) is 1.56. The average molecular weight is 352 g/mol. The third kappa shape index (κ3) is 3.43. The van der Waals surface area contributed by atoms with Crippen LogP contribution in [0.5, 0.6) is 5.75 Å². The molecule has 1 atom stereocenters. The summed E-state index contributed by atoms with van der Waals surface area (Å²) >= 11 is 0. The van der Waals surface area contributed by atoms with Crippen LogP contribution in [-0.4, -0.2) is 31.5 Å². The van der Waals surface area contributed by atoms with Crippen molar-refractivity contribution in [3.8, 4) is 5.75 Å². The van der Waals surface area contributed by atoms with Gasteiger partial charge in [0.15, 0.2) is 6.10 Å². The Morgan fingerprint density at radius 1 is 1.08 bits per heavy atom. The molecule has 1 heterocycles. The van der Waals surface area contributed by atoms with E-state index in [-0.39, 0.29) is 23.8 Å². The van der Waals surface area contributed by atoms with Gasteiger partial charge in [-0.25, -0.2) is 0 Å². The Balaban J connectivity index is 1.93. The summed E-state index contributed by atoms with van der Waals surface area (Å²) < 4.78 is 5.76. The van der Waals surface area contributed by atoms with Crippen LogP contribution in [0.1, 0.15) is 36.7 Å². The molecule has 0 aromatic heterocycles. The zero-order chi connectivity index (χ0) is 18.9. The lowest BCUT2D eigenvalue weighted by Crippen LogP contribution is -2.50. The second-order valence-corrected chi connectivity index (χ2v) is 7.43. The molecule has 5 nitrogen and oxygen atoms in total. The van der Waals surface area contributed by atoms with Crippen LogP contribution in [-0.2, 0) is 10.2 Å². The minimum absolute atomic E-state index is 0.0252. The first-order valence-corrected chi connectivity index (χ1v) is 8.71. The number of para-hydroxylation sites is 2. The molecule has 1 N–H and O–H groups in total. The van der Waals surface area contributed by atoms with Crippen LogP contribution in [0.2, 0.25) is 0 Å². The zero-order valence-corrected chi connectivity index (χ0v) is 15.6.